The molecule has 0 bridgehead atoms. The van der Waals surface area contributed by atoms with Crippen LogP contribution in [0.1, 0.15) is 37.8 Å². The zero-order valence-corrected chi connectivity index (χ0v) is 13.5. The predicted octanol–water partition coefficient (Wildman–Crippen LogP) is 3.03. The number of rotatable bonds is 2. The van der Waals surface area contributed by atoms with Gasteiger partial charge >= 0.3 is 12.1 Å². The highest BCUT2D eigenvalue weighted by atomic mass is 16.6. The number of hydrogen-bond donors (Lipinski definition) is 1. The van der Waals surface area contributed by atoms with Crippen molar-refractivity contribution in [1.29, 1.82) is 0 Å². The van der Waals surface area contributed by atoms with E-state index in [4.69, 9.17) is 4.74 Å². The fraction of sp³-hybridized carbons (Fsp3) is 0.529. The summed E-state index contributed by atoms with van der Waals surface area (Å²) in [4.78, 5) is 25.2. The first kappa shape index (κ1) is 16.3. The van der Waals surface area contributed by atoms with Gasteiger partial charge in [0.1, 0.15) is 5.60 Å². The second kappa shape index (κ2) is 5.99. The molecular weight excluding hydrogens is 282 g/mol. The Bertz CT molecular complexity index is 576. The van der Waals surface area contributed by atoms with E-state index in [1.165, 1.54) is 4.90 Å². The van der Waals surface area contributed by atoms with Gasteiger partial charge in [-0.3, -0.25) is 4.79 Å². The number of nitrogens with zero attached hydrogens (tertiary/aromatic N) is 1. The predicted molar refractivity (Wildman–Crippen MR) is 82.9 cm³/mol. The van der Waals surface area contributed by atoms with Crippen LogP contribution >= 0.6 is 0 Å². The van der Waals surface area contributed by atoms with E-state index in [0.29, 0.717) is 6.54 Å². The molecule has 5 heteroatoms. The third kappa shape index (κ3) is 3.78. The zero-order chi connectivity index (χ0) is 16.5. The number of carbonyl (C=O) groups is 2. The number of amides is 1. The number of aliphatic carboxylic acids is 1. The minimum atomic E-state index is -0.877. The summed E-state index contributed by atoms with van der Waals surface area (Å²) in [7, 11) is 0. The zero-order valence-electron chi connectivity index (χ0n) is 13.5. The topological polar surface area (TPSA) is 66.8 Å². The van der Waals surface area contributed by atoms with E-state index in [9.17, 15) is 14.7 Å². The van der Waals surface area contributed by atoms with E-state index in [1.54, 1.807) is 20.8 Å². The molecule has 1 saturated heterocycles. The summed E-state index contributed by atoms with van der Waals surface area (Å²) < 4.78 is 5.35. The molecule has 22 heavy (non-hydrogen) atoms. The number of benzene rings is 1. The van der Waals surface area contributed by atoms with Gasteiger partial charge in [0.05, 0.1) is 5.92 Å². The number of carboxylic acids is 1. The average molecular weight is 305 g/mol. The molecule has 1 aliphatic heterocycles. The van der Waals surface area contributed by atoms with Crippen LogP contribution in [0, 0.1) is 12.8 Å². The summed E-state index contributed by atoms with van der Waals surface area (Å²) in [6, 6.07) is 7.80. The van der Waals surface area contributed by atoms with E-state index < -0.39 is 23.6 Å². The van der Waals surface area contributed by atoms with Crippen molar-refractivity contribution in [2.45, 2.75) is 39.2 Å². The highest BCUT2D eigenvalue weighted by molar-refractivity contribution is 5.76. The Hall–Kier alpha value is -2.04. The maximum absolute atomic E-state index is 12.2. The van der Waals surface area contributed by atoms with Crippen LogP contribution in [0.3, 0.4) is 0 Å². The van der Waals surface area contributed by atoms with Crippen LogP contribution in [0.2, 0.25) is 0 Å². The molecule has 0 spiro atoms. The molecule has 1 aromatic rings. The minimum Gasteiger partial charge on any atom is -0.481 e. The largest absolute Gasteiger partial charge is 0.481 e. The van der Waals surface area contributed by atoms with Crippen LogP contribution in [-0.2, 0) is 9.53 Å². The Morgan fingerprint density at radius 1 is 1.27 bits per heavy atom. The lowest BCUT2D eigenvalue weighted by molar-refractivity contribution is -0.141. The first-order chi connectivity index (χ1) is 10.2. The monoisotopic (exact) mass is 305 g/mol. The van der Waals surface area contributed by atoms with Crippen molar-refractivity contribution in [3.63, 3.8) is 0 Å². The summed E-state index contributed by atoms with van der Waals surface area (Å²) >= 11 is 0. The van der Waals surface area contributed by atoms with Crippen molar-refractivity contribution in [2.24, 2.45) is 5.92 Å². The van der Waals surface area contributed by atoms with Crippen LogP contribution in [0.4, 0.5) is 4.79 Å². The second-order valence-corrected chi connectivity index (χ2v) is 6.85. The molecule has 0 saturated carbocycles. The Balaban J connectivity index is 2.20. The molecule has 120 valence electrons. The Kier molecular flexibility index (Phi) is 4.44. The van der Waals surface area contributed by atoms with Gasteiger partial charge in [0.25, 0.3) is 0 Å². The highest BCUT2D eigenvalue weighted by Gasteiger charge is 2.41. The SMILES string of the molecule is Cc1cccc([C@H]2CN(C(=O)OC(C)(C)C)C[C@@H]2C(=O)O)c1. The van der Waals surface area contributed by atoms with E-state index >= 15 is 0 Å². The smallest absolute Gasteiger partial charge is 0.410 e. The van der Waals surface area contributed by atoms with Crippen molar-refractivity contribution in [2.75, 3.05) is 13.1 Å². The number of carbonyl (C=O) groups excluding carboxylic acids is 1. The number of aryl methyl sites for hydroxylation is 1. The molecule has 1 aromatic carbocycles. The fourth-order valence-electron chi connectivity index (χ4n) is 2.77. The Labute approximate surface area is 130 Å². The summed E-state index contributed by atoms with van der Waals surface area (Å²) in [5.74, 6) is -1.68. The molecular formula is C17H23NO4. The lowest BCUT2D eigenvalue weighted by Gasteiger charge is -2.24. The second-order valence-electron chi connectivity index (χ2n) is 6.85. The molecule has 5 nitrogen and oxygen atoms in total. The molecule has 0 unspecified atom stereocenters. The average Bonchev–Trinajstić information content (AvgIpc) is 2.82. The van der Waals surface area contributed by atoms with Gasteiger partial charge in [-0.1, -0.05) is 29.8 Å². The van der Waals surface area contributed by atoms with Gasteiger partial charge in [0, 0.05) is 19.0 Å². The van der Waals surface area contributed by atoms with Gasteiger partial charge < -0.3 is 14.7 Å². The van der Waals surface area contributed by atoms with E-state index in [0.717, 1.165) is 11.1 Å². The molecule has 0 aliphatic carbocycles. The molecule has 0 radical (unpaired) electrons. The quantitative estimate of drug-likeness (QED) is 0.912. The van der Waals surface area contributed by atoms with Crippen LogP contribution in [0.25, 0.3) is 0 Å². The van der Waals surface area contributed by atoms with Crippen LogP contribution in [0.5, 0.6) is 0 Å². The number of hydrogen-bond acceptors (Lipinski definition) is 3. The van der Waals surface area contributed by atoms with E-state index in [2.05, 4.69) is 0 Å². The van der Waals surface area contributed by atoms with Crippen molar-refractivity contribution in [1.82, 2.24) is 4.90 Å². The molecule has 1 amide bonds. The van der Waals surface area contributed by atoms with Crippen molar-refractivity contribution >= 4 is 12.1 Å². The molecule has 1 fully saturated rings. The first-order valence-electron chi connectivity index (χ1n) is 7.44. The van der Waals surface area contributed by atoms with Crippen LogP contribution in [-0.4, -0.2) is 40.8 Å². The van der Waals surface area contributed by atoms with E-state index in [-0.39, 0.29) is 12.5 Å². The maximum atomic E-state index is 12.2. The lowest BCUT2D eigenvalue weighted by Crippen LogP contribution is -2.35. The Morgan fingerprint density at radius 3 is 2.50 bits per heavy atom. The molecule has 1 N–H and O–H groups in total. The lowest BCUT2D eigenvalue weighted by atomic mass is 9.88. The summed E-state index contributed by atoms with van der Waals surface area (Å²) in [5.41, 5.74) is 1.45. The highest BCUT2D eigenvalue weighted by Crippen LogP contribution is 2.34. The van der Waals surface area contributed by atoms with Crippen molar-refractivity contribution < 1.29 is 19.4 Å². The van der Waals surface area contributed by atoms with Crippen molar-refractivity contribution in [3.05, 3.63) is 35.4 Å². The summed E-state index contributed by atoms with van der Waals surface area (Å²) in [6.07, 6.45) is -0.450. The summed E-state index contributed by atoms with van der Waals surface area (Å²) in [6.45, 7) is 7.92. The normalized spacial score (nSPS) is 21.7. The maximum Gasteiger partial charge on any atom is 0.410 e. The molecule has 2 rings (SSSR count). The van der Waals surface area contributed by atoms with Crippen LogP contribution < -0.4 is 0 Å². The van der Waals surface area contributed by atoms with Crippen molar-refractivity contribution in [3.8, 4) is 0 Å². The number of likely N-dealkylation sites (tertiary alicyclic amines) is 1. The third-order valence-corrected chi connectivity index (χ3v) is 3.76. The molecule has 2 atom stereocenters. The Morgan fingerprint density at radius 2 is 1.95 bits per heavy atom. The third-order valence-electron chi connectivity index (χ3n) is 3.76. The number of ether oxygens (including phenoxy) is 1. The van der Waals surface area contributed by atoms with Gasteiger partial charge in [0.15, 0.2) is 0 Å². The minimum absolute atomic E-state index is 0.183. The van der Waals surface area contributed by atoms with Gasteiger partial charge in [-0.2, -0.15) is 0 Å². The number of carboxylic acid groups (broad SMARTS) is 1. The standard InChI is InChI=1S/C17H23NO4/c1-11-6-5-7-12(8-11)13-9-18(10-14(13)15(19)20)16(21)22-17(2,3)4/h5-8,13-14H,9-10H2,1-4H3,(H,19,20)/t13-,14+/m1/s1. The first-order valence-corrected chi connectivity index (χ1v) is 7.44. The van der Waals surface area contributed by atoms with Gasteiger partial charge in [-0.25, -0.2) is 4.79 Å². The van der Waals surface area contributed by atoms with Gasteiger partial charge in [0.2, 0.25) is 0 Å². The summed E-state index contributed by atoms with van der Waals surface area (Å²) in [5, 5.41) is 9.47. The van der Waals surface area contributed by atoms with Gasteiger partial charge in [-0.15, -0.1) is 0 Å². The molecule has 1 aliphatic rings. The molecule has 0 aromatic heterocycles. The van der Waals surface area contributed by atoms with E-state index in [1.807, 2.05) is 31.2 Å². The van der Waals surface area contributed by atoms with Gasteiger partial charge in [-0.05, 0) is 33.3 Å². The molecule has 1 heterocycles. The fourth-order valence-corrected chi connectivity index (χ4v) is 2.77. The van der Waals surface area contributed by atoms with Crippen LogP contribution in [0.15, 0.2) is 24.3 Å².